The summed E-state index contributed by atoms with van der Waals surface area (Å²) in [5.41, 5.74) is 3.17. The molecule has 2 aliphatic rings. The zero-order valence-electron chi connectivity index (χ0n) is 17.5. The highest BCUT2D eigenvalue weighted by atomic mass is 16.5. The molecule has 0 bridgehead atoms. The molecule has 1 fully saturated rings. The van der Waals surface area contributed by atoms with Crippen molar-refractivity contribution in [1.29, 1.82) is 0 Å². The van der Waals surface area contributed by atoms with E-state index < -0.39 is 0 Å². The van der Waals surface area contributed by atoms with Crippen molar-refractivity contribution in [2.75, 3.05) is 31.1 Å². The maximum Gasteiger partial charge on any atom is 0.260 e. The minimum Gasteiger partial charge on any atom is -0.484 e. The summed E-state index contributed by atoms with van der Waals surface area (Å²) in [4.78, 5) is 26.9. The second-order valence-corrected chi connectivity index (χ2v) is 8.02. The number of amides is 1. The normalized spacial score (nSPS) is 15.6. The number of carbonyl (C=O) groups excluding carboxylic acids is 1. The third-order valence-corrected chi connectivity index (χ3v) is 5.93. The molecule has 3 aromatic rings. The molecule has 5 rings (SSSR count). The number of hydrogen-bond donors (Lipinski definition) is 0. The Kier molecular flexibility index (Phi) is 5.52. The summed E-state index contributed by atoms with van der Waals surface area (Å²) in [5.74, 6) is 2.46. The fraction of sp³-hybridized carbons (Fsp3) is 0.320. The van der Waals surface area contributed by atoms with Gasteiger partial charge in [-0.3, -0.25) is 4.79 Å². The average molecular weight is 415 g/mol. The van der Waals surface area contributed by atoms with Crippen LogP contribution < -0.4 is 9.64 Å². The van der Waals surface area contributed by atoms with Crippen LogP contribution >= 0.6 is 0 Å². The number of fused-ring (bicyclic) bond motifs is 1. The van der Waals surface area contributed by atoms with Gasteiger partial charge in [-0.1, -0.05) is 48.5 Å². The van der Waals surface area contributed by atoms with Crippen LogP contribution in [0.25, 0.3) is 11.4 Å². The topological polar surface area (TPSA) is 58.6 Å². The summed E-state index contributed by atoms with van der Waals surface area (Å²) in [6, 6.07) is 19.6. The van der Waals surface area contributed by atoms with E-state index in [2.05, 4.69) is 17.0 Å². The second-order valence-electron chi connectivity index (χ2n) is 8.02. The van der Waals surface area contributed by atoms with Gasteiger partial charge in [0.15, 0.2) is 12.4 Å². The van der Waals surface area contributed by atoms with Crippen LogP contribution in [0.5, 0.6) is 5.75 Å². The van der Waals surface area contributed by atoms with Gasteiger partial charge in [-0.2, -0.15) is 0 Å². The van der Waals surface area contributed by atoms with Crippen molar-refractivity contribution in [3.8, 4) is 17.1 Å². The highest BCUT2D eigenvalue weighted by molar-refractivity contribution is 5.78. The SMILES string of the molecule is O=C(COc1ccccc1)N1CCc2nc(-c3ccccc3)nc(N3CCCC3)c2C1. The Morgan fingerprint density at radius 1 is 0.903 bits per heavy atom. The molecule has 31 heavy (non-hydrogen) atoms. The number of ether oxygens (including phenoxy) is 1. The third-order valence-electron chi connectivity index (χ3n) is 5.93. The Morgan fingerprint density at radius 3 is 2.35 bits per heavy atom. The quantitative estimate of drug-likeness (QED) is 0.637. The summed E-state index contributed by atoms with van der Waals surface area (Å²) in [6.45, 7) is 3.23. The predicted octanol–water partition coefficient (Wildman–Crippen LogP) is 3.71. The van der Waals surface area contributed by atoms with E-state index in [1.807, 2.05) is 53.4 Å². The first-order valence-corrected chi connectivity index (χ1v) is 10.9. The molecule has 0 radical (unpaired) electrons. The van der Waals surface area contributed by atoms with Crippen LogP contribution in [0, 0.1) is 0 Å². The molecule has 6 nitrogen and oxygen atoms in total. The highest BCUT2D eigenvalue weighted by Crippen LogP contribution is 2.31. The molecule has 2 aliphatic heterocycles. The Hall–Kier alpha value is -3.41. The molecule has 158 valence electrons. The number of nitrogens with zero attached hydrogens (tertiary/aromatic N) is 4. The first kappa shape index (κ1) is 19.5. The summed E-state index contributed by atoms with van der Waals surface area (Å²) < 4.78 is 5.68. The summed E-state index contributed by atoms with van der Waals surface area (Å²) in [7, 11) is 0. The lowest BCUT2D eigenvalue weighted by molar-refractivity contribution is -0.134. The lowest BCUT2D eigenvalue weighted by Crippen LogP contribution is -2.40. The van der Waals surface area contributed by atoms with Gasteiger partial charge in [-0.25, -0.2) is 9.97 Å². The van der Waals surface area contributed by atoms with Crippen LogP contribution in [-0.2, 0) is 17.8 Å². The van der Waals surface area contributed by atoms with E-state index in [1.54, 1.807) is 0 Å². The van der Waals surface area contributed by atoms with Crippen molar-refractivity contribution < 1.29 is 9.53 Å². The van der Waals surface area contributed by atoms with Crippen molar-refractivity contribution in [3.63, 3.8) is 0 Å². The fourth-order valence-corrected chi connectivity index (χ4v) is 4.27. The molecule has 0 saturated carbocycles. The third kappa shape index (κ3) is 4.24. The summed E-state index contributed by atoms with van der Waals surface area (Å²) in [6.07, 6.45) is 3.08. The first-order chi connectivity index (χ1) is 15.3. The van der Waals surface area contributed by atoms with E-state index in [1.165, 1.54) is 12.8 Å². The Labute approximate surface area is 182 Å². The minimum atomic E-state index is -0.00555. The molecule has 0 unspecified atom stereocenters. The fourth-order valence-electron chi connectivity index (χ4n) is 4.27. The van der Waals surface area contributed by atoms with Gasteiger partial charge in [-0.05, 0) is 25.0 Å². The first-order valence-electron chi connectivity index (χ1n) is 10.9. The summed E-state index contributed by atoms with van der Waals surface area (Å²) in [5, 5.41) is 0. The molecule has 1 aromatic heterocycles. The Balaban J connectivity index is 1.40. The van der Waals surface area contributed by atoms with Gasteiger partial charge >= 0.3 is 0 Å². The molecule has 0 aliphatic carbocycles. The molecule has 0 atom stereocenters. The van der Waals surface area contributed by atoms with E-state index in [0.29, 0.717) is 18.8 Å². The molecule has 2 aromatic carbocycles. The van der Waals surface area contributed by atoms with Crippen molar-refractivity contribution in [1.82, 2.24) is 14.9 Å². The predicted molar refractivity (Wildman–Crippen MR) is 120 cm³/mol. The molecule has 3 heterocycles. The maximum atomic E-state index is 12.8. The van der Waals surface area contributed by atoms with Crippen molar-refractivity contribution in [2.24, 2.45) is 0 Å². The van der Waals surface area contributed by atoms with Gasteiger partial charge in [0.2, 0.25) is 0 Å². The molecular formula is C25H26N4O2. The van der Waals surface area contributed by atoms with Gasteiger partial charge in [0.25, 0.3) is 5.91 Å². The number of anilines is 1. The van der Waals surface area contributed by atoms with E-state index in [9.17, 15) is 4.79 Å². The number of carbonyl (C=O) groups is 1. The van der Waals surface area contributed by atoms with E-state index in [0.717, 1.165) is 48.0 Å². The molecule has 0 spiro atoms. The van der Waals surface area contributed by atoms with Crippen molar-refractivity contribution in [2.45, 2.75) is 25.8 Å². The monoisotopic (exact) mass is 414 g/mol. The summed E-state index contributed by atoms with van der Waals surface area (Å²) >= 11 is 0. The number of aromatic nitrogens is 2. The second kappa shape index (κ2) is 8.76. The Morgan fingerprint density at radius 2 is 1.61 bits per heavy atom. The van der Waals surface area contributed by atoms with Crippen molar-refractivity contribution in [3.05, 3.63) is 71.9 Å². The zero-order chi connectivity index (χ0) is 21.0. The van der Waals surface area contributed by atoms with Crippen molar-refractivity contribution >= 4 is 11.7 Å². The van der Waals surface area contributed by atoms with E-state index in [-0.39, 0.29) is 12.5 Å². The zero-order valence-corrected chi connectivity index (χ0v) is 17.5. The molecule has 1 amide bonds. The van der Waals surface area contributed by atoms with Crippen LogP contribution in [-0.4, -0.2) is 47.0 Å². The molecular weight excluding hydrogens is 388 g/mol. The van der Waals surface area contributed by atoms with Crippen LogP contribution in [0.2, 0.25) is 0 Å². The van der Waals surface area contributed by atoms with Crippen LogP contribution in [0.4, 0.5) is 5.82 Å². The molecule has 0 N–H and O–H groups in total. The van der Waals surface area contributed by atoms with E-state index in [4.69, 9.17) is 14.7 Å². The van der Waals surface area contributed by atoms with Crippen LogP contribution in [0.1, 0.15) is 24.1 Å². The number of benzene rings is 2. The number of rotatable bonds is 5. The molecule has 1 saturated heterocycles. The van der Waals surface area contributed by atoms with Gasteiger partial charge < -0.3 is 14.5 Å². The Bertz CT molecular complexity index is 1050. The standard InChI is InChI=1S/C25H26N4O2/c30-23(18-31-20-11-5-2-6-12-20)29-16-13-22-21(17-29)25(28-14-7-8-15-28)27-24(26-22)19-9-3-1-4-10-19/h1-6,9-12H,7-8,13-18H2. The number of hydrogen-bond acceptors (Lipinski definition) is 5. The maximum absolute atomic E-state index is 12.8. The van der Waals surface area contributed by atoms with Crippen LogP contribution in [0.15, 0.2) is 60.7 Å². The number of para-hydroxylation sites is 1. The van der Waals surface area contributed by atoms with E-state index >= 15 is 0 Å². The van der Waals surface area contributed by atoms with Gasteiger partial charge in [-0.15, -0.1) is 0 Å². The van der Waals surface area contributed by atoms with Gasteiger partial charge in [0.05, 0.1) is 12.2 Å². The average Bonchev–Trinajstić information content (AvgIpc) is 3.37. The van der Waals surface area contributed by atoms with Gasteiger partial charge in [0.1, 0.15) is 11.6 Å². The van der Waals surface area contributed by atoms with Gasteiger partial charge in [0, 0.05) is 37.2 Å². The lowest BCUT2D eigenvalue weighted by Gasteiger charge is -2.31. The lowest BCUT2D eigenvalue weighted by atomic mass is 10.0. The minimum absolute atomic E-state index is 0.00555. The highest BCUT2D eigenvalue weighted by Gasteiger charge is 2.29. The molecule has 6 heteroatoms. The van der Waals surface area contributed by atoms with Crippen LogP contribution in [0.3, 0.4) is 0 Å². The largest absolute Gasteiger partial charge is 0.484 e. The smallest absolute Gasteiger partial charge is 0.260 e.